The number of aryl methyl sites for hydroxylation is 1. The van der Waals surface area contributed by atoms with Gasteiger partial charge in [-0.05, 0) is 37.9 Å². The minimum absolute atomic E-state index is 0.0870. The summed E-state index contributed by atoms with van der Waals surface area (Å²) in [4.78, 5) is 12.0. The molecule has 1 unspecified atom stereocenters. The third-order valence-electron chi connectivity index (χ3n) is 3.36. The molecule has 0 bridgehead atoms. The van der Waals surface area contributed by atoms with Crippen molar-refractivity contribution >= 4 is 17.5 Å². The second-order valence-corrected chi connectivity index (χ2v) is 5.17. The lowest BCUT2D eigenvalue weighted by molar-refractivity contribution is 0.0948. The van der Waals surface area contributed by atoms with Crippen molar-refractivity contribution < 1.29 is 4.79 Å². The molecule has 3 nitrogen and oxygen atoms in total. The van der Waals surface area contributed by atoms with Crippen molar-refractivity contribution in [3.63, 3.8) is 0 Å². The summed E-state index contributed by atoms with van der Waals surface area (Å²) in [6, 6.07) is 5.92. The van der Waals surface area contributed by atoms with E-state index in [9.17, 15) is 4.79 Å². The fourth-order valence-electron chi connectivity index (χ4n) is 2.23. The van der Waals surface area contributed by atoms with Gasteiger partial charge in [0, 0.05) is 12.6 Å². The number of piperidine rings is 1. The summed E-state index contributed by atoms with van der Waals surface area (Å²) in [5.41, 5.74) is 1.49. The second-order valence-electron chi connectivity index (χ2n) is 4.79. The van der Waals surface area contributed by atoms with Crippen molar-refractivity contribution in [2.75, 3.05) is 13.1 Å². The summed E-state index contributed by atoms with van der Waals surface area (Å²) < 4.78 is 0. The van der Waals surface area contributed by atoms with E-state index in [1.54, 1.807) is 6.07 Å². The lowest BCUT2D eigenvalue weighted by atomic mass is 10.0. The molecule has 1 amide bonds. The molecule has 98 valence electrons. The van der Waals surface area contributed by atoms with Crippen LogP contribution >= 0.6 is 11.6 Å². The van der Waals surface area contributed by atoms with Crippen molar-refractivity contribution in [1.82, 2.24) is 10.6 Å². The van der Waals surface area contributed by atoms with Crippen LogP contribution in [0.4, 0.5) is 0 Å². The number of nitrogens with one attached hydrogen (secondary N) is 2. The molecular formula is C14H19ClN2O. The minimum atomic E-state index is -0.0870. The summed E-state index contributed by atoms with van der Waals surface area (Å²) >= 11 is 6.13. The van der Waals surface area contributed by atoms with Crippen molar-refractivity contribution in [1.29, 1.82) is 0 Å². The Balaban J connectivity index is 1.93. The average molecular weight is 267 g/mol. The molecule has 1 aromatic rings. The molecular weight excluding hydrogens is 248 g/mol. The van der Waals surface area contributed by atoms with Crippen LogP contribution in [0.5, 0.6) is 0 Å². The largest absolute Gasteiger partial charge is 0.350 e. The van der Waals surface area contributed by atoms with Crippen molar-refractivity contribution in [2.45, 2.75) is 32.2 Å². The van der Waals surface area contributed by atoms with Gasteiger partial charge in [-0.25, -0.2) is 0 Å². The maximum atomic E-state index is 12.0. The van der Waals surface area contributed by atoms with Gasteiger partial charge in [0.2, 0.25) is 0 Å². The number of amides is 1. The van der Waals surface area contributed by atoms with Crippen LogP contribution in [0, 0.1) is 6.92 Å². The maximum absolute atomic E-state index is 12.0. The van der Waals surface area contributed by atoms with Crippen LogP contribution in [0.1, 0.15) is 35.2 Å². The van der Waals surface area contributed by atoms with E-state index in [-0.39, 0.29) is 5.91 Å². The Morgan fingerprint density at radius 2 is 2.33 bits per heavy atom. The first-order chi connectivity index (χ1) is 8.68. The monoisotopic (exact) mass is 266 g/mol. The normalized spacial score (nSPS) is 19.6. The van der Waals surface area contributed by atoms with Crippen LogP contribution in [0.2, 0.25) is 5.02 Å². The maximum Gasteiger partial charge on any atom is 0.252 e. The minimum Gasteiger partial charge on any atom is -0.350 e. The summed E-state index contributed by atoms with van der Waals surface area (Å²) in [5, 5.41) is 6.90. The van der Waals surface area contributed by atoms with Gasteiger partial charge in [-0.1, -0.05) is 30.2 Å². The van der Waals surface area contributed by atoms with Crippen LogP contribution in [0.15, 0.2) is 18.2 Å². The third-order valence-corrected chi connectivity index (χ3v) is 3.86. The van der Waals surface area contributed by atoms with Gasteiger partial charge in [-0.15, -0.1) is 0 Å². The first-order valence-electron chi connectivity index (χ1n) is 6.45. The molecule has 18 heavy (non-hydrogen) atoms. The molecule has 0 aliphatic carbocycles. The highest BCUT2D eigenvalue weighted by atomic mass is 35.5. The van der Waals surface area contributed by atoms with Crippen molar-refractivity contribution in [2.24, 2.45) is 0 Å². The fraction of sp³-hybridized carbons (Fsp3) is 0.500. The standard InChI is InChI=1S/C14H19ClN2O/c1-10-5-4-7-12(13(10)15)14(18)17-9-11-6-2-3-8-16-11/h4-5,7,11,16H,2-3,6,8-9H2,1H3,(H,17,18). The zero-order valence-corrected chi connectivity index (χ0v) is 11.4. The lowest BCUT2D eigenvalue weighted by Gasteiger charge is -2.23. The topological polar surface area (TPSA) is 41.1 Å². The van der Waals surface area contributed by atoms with E-state index in [2.05, 4.69) is 10.6 Å². The summed E-state index contributed by atoms with van der Waals surface area (Å²) in [6.45, 7) is 3.62. The number of carbonyl (C=O) groups excluding carboxylic acids is 1. The van der Waals surface area contributed by atoms with Gasteiger partial charge in [0.1, 0.15) is 0 Å². The molecule has 1 saturated heterocycles. The zero-order valence-electron chi connectivity index (χ0n) is 10.6. The molecule has 2 N–H and O–H groups in total. The number of hydrogen-bond acceptors (Lipinski definition) is 2. The van der Waals surface area contributed by atoms with Gasteiger partial charge in [0.25, 0.3) is 5.91 Å². The van der Waals surface area contributed by atoms with E-state index in [0.29, 0.717) is 23.2 Å². The predicted molar refractivity (Wildman–Crippen MR) is 74.2 cm³/mol. The molecule has 0 radical (unpaired) electrons. The number of benzene rings is 1. The fourth-order valence-corrected chi connectivity index (χ4v) is 2.44. The molecule has 1 aliphatic heterocycles. The molecule has 4 heteroatoms. The Kier molecular flexibility index (Phi) is 4.61. The summed E-state index contributed by atoms with van der Waals surface area (Å²) in [6.07, 6.45) is 3.59. The molecule has 0 aromatic heterocycles. The summed E-state index contributed by atoms with van der Waals surface area (Å²) in [7, 11) is 0. The van der Waals surface area contributed by atoms with Gasteiger partial charge in [-0.3, -0.25) is 4.79 Å². The van der Waals surface area contributed by atoms with Gasteiger partial charge in [0.15, 0.2) is 0 Å². The average Bonchev–Trinajstić information content (AvgIpc) is 2.40. The number of hydrogen-bond donors (Lipinski definition) is 2. The Bertz CT molecular complexity index is 428. The van der Waals surface area contributed by atoms with Crippen LogP contribution in [0.3, 0.4) is 0 Å². The second kappa shape index (κ2) is 6.21. The number of halogens is 1. The highest BCUT2D eigenvalue weighted by Gasteiger charge is 2.15. The van der Waals surface area contributed by atoms with Crippen LogP contribution in [-0.4, -0.2) is 25.0 Å². The first-order valence-corrected chi connectivity index (χ1v) is 6.83. The van der Waals surface area contributed by atoms with Crippen molar-refractivity contribution in [3.05, 3.63) is 34.3 Å². The molecule has 1 fully saturated rings. The van der Waals surface area contributed by atoms with Gasteiger partial charge in [0.05, 0.1) is 10.6 Å². The van der Waals surface area contributed by atoms with Crippen LogP contribution < -0.4 is 10.6 Å². The van der Waals surface area contributed by atoms with Gasteiger partial charge in [-0.2, -0.15) is 0 Å². The van der Waals surface area contributed by atoms with Crippen molar-refractivity contribution in [3.8, 4) is 0 Å². The molecule has 0 spiro atoms. The highest BCUT2D eigenvalue weighted by molar-refractivity contribution is 6.34. The molecule has 0 saturated carbocycles. The molecule has 1 aliphatic rings. The molecule has 1 aromatic carbocycles. The van der Waals surface area contributed by atoms with Crippen LogP contribution in [-0.2, 0) is 0 Å². The SMILES string of the molecule is Cc1cccc(C(=O)NCC2CCCCN2)c1Cl. The van der Waals surface area contributed by atoms with E-state index < -0.39 is 0 Å². The third kappa shape index (κ3) is 3.24. The smallest absolute Gasteiger partial charge is 0.252 e. The highest BCUT2D eigenvalue weighted by Crippen LogP contribution is 2.20. The Morgan fingerprint density at radius 1 is 1.50 bits per heavy atom. The van der Waals surface area contributed by atoms with Gasteiger partial charge < -0.3 is 10.6 Å². The van der Waals surface area contributed by atoms with E-state index in [0.717, 1.165) is 18.5 Å². The lowest BCUT2D eigenvalue weighted by Crippen LogP contribution is -2.43. The first kappa shape index (κ1) is 13.4. The quantitative estimate of drug-likeness (QED) is 0.883. The van der Waals surface area contributed by atoms with E-state index in [1.165, 1.54) is 12.8 Å². The van der Waals surface area contributed by atoms with E-state index in [1.807, 2.05) is 19.1 Å². The molecule has 1 heterocycles. The van der Waals surface area contributed by atoms with E-state index in [4.69, 9.17) is 11.6 Å². The molecule has 2 rings (SSSR count). The summed E-state index contributed by atoms with van der Waals surface area (Å²) in [5.74, 6) is -0.0870. The Labute approximate surface area is 113 Å². The number of rotatable bonds is 3. The Morgan fingerprint density at radius 3 is 3.06 bits per heavy atom. The zero-order chi connectivity index (χ0) is 13.0. The molecule has 1 atom stereocenters. The van der Waals surface area contributed by atoms with Gasteiger partial charge >= 0.3 is 0 Å². The van der Waals surface area contributed by atoms with Crippen LogP contribution in [0.25, 0.3) is 0 Å². The van der Waals surface area contributed by atoms with E-state index >= 15 is 0 Å². The predicted octanol–water partition coefficient (Wildman–Crippen LogP) is 2.52. The Hall–Kier alpha value is -1.06. The number of carbonyl (C=O) groups is 1.